The van der Waals surface area contributed by atoms with Gasteiger partial charge in [0.05, 0.1) is 11.4 Å². The van der Waals surface area contributed by atoms with Gasteiger partial charge in [0.2, 0.25) is 0 Å². The first kappa shape index (κ1) is 37.2. The molecule has 4 aliphatic heterocycles. The molecule has 10 atom stereocenters. The van der Waals surface area contributed by atoms with E-state index in [4.69, 9.17) is 52.9 Å². The smallest absolute Gasteiger partial charge is 0.303 e. The average Bonchev–Trinajstić information content (AvgIpc) is 3.65. The Balaban J connectivity index is 1.42. The number of nitrogens with zero attached hydrogens (tertiary/aromatic N) is 3. The van der Waals surface area contributed by atoms with E-state index in [0.29, 0.717) is 21.5 Å². The maximum absolute atomic E-state index is 12.1. The van der Waals surface area contributed by atoms with Crippen molar-refractivity contribution >= 4 is 69.4 Å². The van der Waals surface area contributed by atoms with Crippen LogP contribution < -0.4 is 0 Å². The number of fused-ring (bicyclic) bond motifs is 2. The summed E-state index contributed by atoms with van der Waals surface area (Å²) in [4.78, 5) is 85.8. The molecular formula is C31H35N3O14S2. The Labute approximate surface area is 294 Å². The van der Waals surface area contributed by atoms with E-state index in [9.17, 15) is 28.8 Å². The Hall–Kier alpha value is -4.07. The molecular weight excluding hydrogens is 702 g/mol. The molecule has 0 saturated carbocycles. The highest BCUT2D eigenvalue weighted by atomic mass is 32.2. The number of aliphatic imine (C=N–C) groups is 2. The second-order valence-corrected chi connectivity index (χ2v) is 13.7. The zero-order chi connectivity index (χ0) is 36.3. The maximum Gasteiger partial charge on any atom is 0.303 e. The normalized spacial score (nSPS) is 31.2. The molecule has 17 nitrogen and oxygen atoms in total. The van der Waals surface area contributed by atoms with E-state index in [1.54, 1.807) is 18.2 Å². The highest BCUT2D eigenvalue weighted by Crippen LogP contribution is 2.42. The van der Waals surface area contributed by atoms with E-state index in [0.717, 1.165) is 0 Å². The molecule has 0 aliphatic carbocycles. The zero-order valence-electron chi connectivity index (χ0n) is 27.8. The van der Waals surface area contributed by atoms with Gasteiger partial charge in [-0.2, -0.15) is 0 Å². The first-order valence-corrected chi connectivity index (χ1v) is 17.2. The van der Waals surface area contributed by atoms with E-state index in [1.807, 2.05) is 0 Å². The van der Waals surface area contributed by atoms with Crippen LogP contribution in [0, 0.1) is 0 Å². The highest BCUT2D eigenvalue weighted by Gasteiger charge is 2.55. The predicted octanol–water partition coefficient (Wildman–Crippen LogP) is 1.11. The maximum atomic E-state index is 12.1. The summed E-state index contributed by atoms with van der Waals surface area (Å²) in [6.07, 6.45) is -6.23. The molecule has 5 heterocycles. The summed E-state index contributed by atoms with van der Waals surface area (Å²) in [6, 6.07) is 3.57. The van der Waals surface area contributed by atoms with Crippen molar-refractivity contribution < 1.29 is 66.7 Å². The lowest BCUT2D eigenvalue weighted by molar-refractivity contribution is -0.208. The second kappa shape index (κ2) is 15.9. The van der Waals surface area contributed by atoms with Gasteiger partial charge in [0.15, 0.2) is 24.4 Å². The topological polar surface area (TPSA) is 214 Å². The van der Waals surface area contributed by atoms with E-state index in [1.165, 1.54) is 65.1 Å². The monoisotopic (exact) mass is 737 g/mol. The van der Waals surface area contributed by atoms with Crippen LogP contribution in [0.1, 0.15) is 52.9 Å². The van der Waals surface area contributed by atoms with Crippen molar-refractivity contribution in [3.8, 4) is 0 Å². The summed E-state index contributed by atoms with van der Waals surface area (Å²) in [6.45, 7) is 6.77. The van der Waals surface area contributed by atoms with Gasteiger partial charge in [-0.1, -0.05) is 29.6 Å². The number of rotatable bonds is 10. The Morgan fingerprint density at radius 1 is 0.580 bits per heavy atom. The third-order valence-electron chi connectivity index (χ3n) is 7.51. The van der Waals surface area contributed by atoms with Crippen LogP contribution in [0.2, 0.25) is 0 Å². The molecule has 270 valence electrons. The van der Waals surface area contributed by atoms with Crippen molar-refractivity contribution in [1.29, 1.82) is 0 Å². The Morgan fingerprint density at radius 3 is 1.28 bits per heavy atom. The lowest BCUT2D eigenvalue weighted by atomic mass is 9.97. The van der Waals surface area contributed by atoms with Crippen molar-refractivity contribution in [1.82, 2.24) is 4.98 Å². The summed E-state index contributed by atoms with van der Waals surface area (Å²) in [7, 11) is 0. The fourth-order valence-corrected chi connectivity index (χ4v) is 8.10. The number of hydrogen-bond acceptors (Lipinski definition) is 19. The van der Waals surface area contributed by atoms with Gasteiger partial charge in [0.25, 0.3) is 0 Å². The van der Waals surface area contributed by atoms with Gasteiger partial charge in [-0.15, -0.1) is 0 Å². The third kappa shape index (κ3) is 8.80. The molecule has 0 amide bonds. The fourth-order valence-electron chi connectivity index (χ4n) is 5.72. The van der Waals surface area contributed by atoms with Gasteiger partial charge in [0, 0.05) is 41.5 Å². The van der Waals surface area contributed by atoms with E-state index < -0.39 is 95.4 Å². The Bertz CT molecular complexity index is 1490. The minimum atomic E-state index is -1.11. The molecule has 50 heavy (non-hydrogen) atoms. The highest BCUT2D eigenvalue weighted by molar-refractivity contribution is 8.15. The first-order valence-electron chi connectivity index (χ1n) is 15.4. The van der Waals surface area contributed by atoms with E-state index in [-0.39, 0.29) is 13.2 Å². The molecule has 0 bridgehead atoms. The molecule has 0 radical (unpaired) electrons. The van der Waals surface area contributed by atoms with Gasteiger partial charge in [-0.25, -0.2) is 4.98 Å². The Kier molecular flexibility index (Phi) is 11.8. The van der Waals surface area contributed by atoms with Crippen molar-refractivity contribution in [2.75, 3.05) is 13.2 Å². The standard InChI is InChI=1S/C31H35N3O14S2/c1-12(35)41-10-20-24(43-14(3)37)26(45-16(5)39)22-30(47-20)49-28(33-22)18-8-7-9-19(32-18)29-34-23-27(46-17(6)40)25(44-15(4)38)21(11-42-13(2)36)48-31(23)50-29/h7-9,20-27,30-31H,10-11H2,1-6H3/t20-,21-,22-,23-,24-,25-,26-,27-,30-,31-/m1/s1. The largest absolute Gasteiger partial charge is 0.463 e. The summed E-state index contributed by atoms with van der Waals surface area (Å²) in [5, 5.41) is 0.861. The first-order chi connectivity index (χ1) is 23.7. The predicted molar refractivity (Wildman–Crippen MR) is 173 cm³/mol. The lowest BCUT2D eigenvalue weighted by Gasteiger charge is -2.41. The van der Waals surface area contributed by atoms with E-state index >= 15 is 0 Å². The van der Waals surface area contributed by atoms with Crippen LogP contribution in [-0.2, 0) is 66.7 Å². The van der Waals surface area contributed by atoms with Crippen molar-refractivity contribution in [2.24, 2.45) is 9.98 Å². The summed E-state index contributed by atoms with van der Waals surface area (Å²) < 4.78 is 44.8. The van der Waals surface area contributed by atoms with E-state index in [2.05, 4.69) is 0 Å². The van der Waals surface area contributed by atoms with Gasteiger partial charge in [0.1, 0.15) is 58.5 Å². The van der Waals surface area contributed by atoms with Crippen molar-refractivity contribution in [3.63, 3.8) is 0 Å². The lowest BCUT2D eigenvalue weighted by Crippen LogP contribution is -2.59. The summed E-state index contributed by atoms with van der Waals surface area (Å²) in [5.74, 6) is -3.72. The minimum Gasteiger partial charge on any atom is -0.463 e. The fraction of sp³-hybridized carbons (Fsp3) is 0.581. The van der Waals surface area contributed by atoms with Gasteiger partial charge >= 0.3 is 35.8 Å². The van der Waals surface area contributed by atoms with Crippen molar-refractivity contribution in [3.05, 3.63) is 29.6 Å². The number of ether oxygens (including phenoxy) is 8. The van der Waals surface area contributed by atoms with Gasteiger partial charge in [-0.3, -0.25) is 38.8 Å². The SMILES string of the molecule is CC(=O)OC[C@H]1O[C@@H]2SC(c3cccc(C4=N[C@@H]5[C@@H](OC(C)=O)[C@H](OC(C)=O)[C@@H](COC(C)=O)O[C@@H]5S4)n3)=N[C@@H]2[C@@H](OC(C)=O)[C@@H]1OC(C)=O. The molecule has 2 fully saturated rings. The molecule has 0 N–H and O–H groups in total. The summed E-state index contributed by atoms with van der Waals surface area (Å²) in [5.41, 5.74) is -0.570. The molecule has 0 unspecified atom stereocenters. The molecule has 5 rings (SSSR count). The summed E-state index contributed by atoms with van der Waals surface area (Å²) >= 11 is 2.41. The van der Waals surface area contributed by atoms with Crippen LogP contribution in [0.15, 0.2) is 28.2 Å². The van der Waals surface area contributed by atoms with Crippen molar-refractivity contribution in [2.45, 2.75) is 101 Å². The number of aromatic nitrogens is 1. The number of hydrogen-bond donors (Lipinski definition) is 0. The number of thioether (sulfide) groups is 2. The number of esters is 6. The number of carbonyl (C=O) groups is 6. The molecule has 0 aromatic carbocycles. The van der Waals surface area contributed by atoms with Crippen LogP contribution in [0.3, 0.4) is 0 Å². The van der Waals surface area contributed by atoms with Crippen LogP contribution in [0.25, 0.3) is 0 Å². The minimum absolute atomic E-state index is 0.256. The van der Waals surface area contributed by atoms with Crippen LogP contribution in [0.5, 0.6) is 0 Å². The van der Waals surface area contributed by atoms with Crippen LogP contribution >= 0.6 is 23.5 Å². The molecule has 1 aromatic heterocycles. The molecule has 0 spiro atoms. The number of pyridine rings is 1. The zero-order valence-corrected chi connectivity index (χ0v) is 29.4. The second-order valence-electron chi connectivity index (χ2n) is 11.5. The van der Waals surface area contributed by atoms with Gasteiger partial charge < -0.3 is 37.9 Å². The van der Waals surface area contributed by atoms with Gasteiger partial charge in [-0.05, 0) is 12.1 Å². The number of carbonyl (C=O) groups excluding carboxylic acids is 6. The quantitative estimate of drug-likeness (QED) is 0.243. The van der Waals surface area contributed by atoms with Crippen LogP contribution in [0.4, 0.5) is 0 Å². The molecule has 2 saturated heterocycles. The molecule has 4 aliphatic rings. The average molecular weight is 738 g/mol. The Morgan fingerprint density at radius 2 is 0.940 bits per heavy atom. The molecule has 1 aromatic rings. The van der Waals surface area contributed by atoms with Crippen LogP contribution in [-0.4, -0.2) is 124 Å². The third-order valence-corrected chi connectivity index (χ3v) is 9.83. The molecule has 19 heteroatoms.